The first kappa shape index (κ1) is 31.5. The molecular formula is C29H36ClN7O4. The van der Waals surface area contributed by atoms with Crippen LogP contribution < -0.4 is 32.6 Å². The van der Waals surface area contributed by atoms with E-state index in [2.05, 4.69) is 15.6 Å². The van der Waals surface area contributed by atoms with E-state index in [0.717, 1.165) is 5.56 Å². The van der Waals surface area contributed by atoms with Crippen molar-refractivity contribution in [3.8, 4) is 11.5 Å². The van der Waals surface area contributed by atoms with Crippen LogP contribution >= 0.6 is 11.6 Å². The summed E-state index contributed by atoms with van der Waals surface area (Å²) in [6.45, 7) is 1.11. The van der Waals surface area contributed by atoms with Gasteiger partial charge in [-0.05, 0) is 42.7 Å². The molecule has 0 aliphatic rings. The molecule has 0 spiro atoms. The number of aromatic nitrogens is 1. The lowest BCUT2D eigenvalue weighted by molar-refractivity contribution is -0.134. The number of para-hydroxylation sites is 1. The molecule has 3 amide bonds. The highest BCUT2D eigenvalue weighted by Crippen LogP contribution is 2.36. The predicted octanol–water partition coefficient (Wildman–Crippen LogP) is 2.05. The minimum atomic E-state index is -1.18. The number of nitrogens with one attached hydrogen (secondary N) is 2. The summed E-state index contributed by atoms with van der Waals surface area (Å²) < 4.78 is 5.90. The summed E-state index contributed by atoms with van der Waals surface area (Å²) in [7, 11) is 0. The number of pyridine rings is 1. The predicted molar refractivity (Wildman–Crippen MR) is 158 cm³/mol. The topological polar surface area (TPSA) is 179 Å². The number of rotatable bonds is 15. The zero-order chi connectivity index (χ0) is 29.6. The molecule has 2 unspecified atom stereocenters. The fourth-order valence-electron chi connectivity index (χ4n) is 4.04. The van der Waals surface area contributed by atoms with Crippen molar-refractivity contribution in [2.24, 2.45) is 17.2 Å². The van der Waals surface area contributed by atoms with Gasteiger partial charge in [0.2, 0.25) is 17.7 Å². The Bertz CT molecular complexity index is 1270. The van der Waals surface area contributed by atoms with Gasteiger partial charge in [0.05, 0.1) is 29.4 Å². The lowest BCUT2D eigenvalue weighted by atomic mass is 10.0. The van der Waals surface area contributed by atoms with Crippen molar-refractivity contribution in [1.29, 1.82) is 0 Å². The molecule has 0 radical (unpaired) electrons. The van der Waals surface area contributed by atoms with Crippen LogP contribution in [0.1, 0.15) is 18.4 Å². The van der Waals surface area contributed by atoms with Gasteiger partial charge < -0.3 is 37.5 Å². The summed E-state index contributed by atoms with van der Waals surface area (Å²) in [4.78, 5) is 44.8. The number of ether oxygens (including phenoxy) is 1. The number of anilines is 1. The summed E-state index contributed by atoms with van der Waals surface area (Å²) in [5.41, 5.74) is 18.6. The third-order valence-corrected chi connectivity index (χ3v) is 6.46. The quantitative estimate of drug-likeness (QED) is 0.181. The van der Waals surface area contributed by atoms with E-state index in [4.69, 9.17) is 33.5 Å². The summed E-state index contributed by atoms with van der Waals surface area (Å²) in [6, 6.07) is 15.7. The maximum Gasteiger partial charge on any atom is 0.247 e. The zero-order valence-electron chi connectivity index (χ0n) is 22.7. The second-order valence-electron chi connectivity index (χ2n) is 9.25. The van der Waals surface area contributed by atoms with E-state index >= 15 is 0 Å². The van der Waals surface area contributed by atoms with E-state index in [9.17, 15) is 14.4 Å². The molecule has 1 heterocycles. The second-order valence-corrected chi connectivity index (χ2v) is 9.66. The first-order valence-electron chi connectivity index (χ1n) is 13.3. The fourth-order valence-corrected chi connectivity index (χ4v) is 4.26. The zero-order valence-corrected chi connectivity index (χ0v) is 23.4. The van der Waals surface area contributed by atoms with E-state index in [1.54, 1.807) is 36.5 Å². The number of hydrogen-bond donors (Lipinski definition) is 5. The Kier molecular flexibility index (Phi) is 12.5. The Morgan fingerprint density at radius 2 is 1.68 bits per heavy atom. The smallest absolute Gasteiger partial charge is 0.247 e. The van der Waals surface area contributed by atoms with Crippen molar-refractivity contribution >= 4 is 35.0 Å². The third kappa shape index (κ3) is 9.83. The van der Waals surface area contributed by atoms with E-state index in [1.165, 1.54) is 11.1 Å². The first-order valence-corrected chi connectivity index (χ1v) is 13.6. The molecular weight excluding hydrogens is 546 g/mol. The molecule has 12 heteroatoms. The Hall–Kier alpha value is -4.03. The van der Waals surface area contributed by atoms with Gasteiger partial charge in [0, 0.05) is 32.4 Å². The van der Waals surface area contributed by atoms with E-state index in [1.807, 2.05) is 30.3 Å². The van der Waals surface area contributed by atoms with Gasteiger partial charge in [-0.25, -0.2) is 0 Å². The molecule has 0 bridgehead atoms. The van der Waals surface area contributed by atoms with Crippen molar-refractivity contribution in [3.05, 3.63) is 83.6 Å². The number of aryl methyl sites for hydroxylation is 1. The molecule has 41 heavy (non-hydrogen) atoms. The SMILES string of the molecule is NCCN(CCN)C(=O)CC(N)C(=O)NC(CCc1ccccc1)C(=O)Nc1cccc(Cl)c1Oc1cccnc1. The summed E-state index contributed by atoms with van der Waals surface area (Å²) in [5, 5.41) is 5.81. The number of nitrogens with two attached hydrogens (primary N) is 3. The van der Waals surface area contributed by atoms with Gasteiger partial charge in [-0.15, -0.1) is 0 Å². The Morgan fingerprint density at radius 3 is 2.34 bits per heavy atom. The lowest BCUT2D eigenvalue weighted by Crippen LogP contribution is -2.52. The number of benzene rings is 2. The van der Waals surface area contributed by atoms with Crippen molar-refractivity contribution in [1.82, 2.24) is 15.2 Å². The highest BCUT2D eigenvalue weighted by atomic mass is 35.5. The van der Waals surface area contributed by atoms with E-state index in [-0.39, 0.29) is 42.6 Å². The molecule has 0 aliphatic heterocycles. The average molecular weight is 582 g/mol. The number of carbonyl (C=O) groups is 3. The Balaban J connectivity index is 1.76. The van der Waals surface area contributed by atoms with Crippen LogP contribution in [0.25, 0.3) is 0 Å². The van der Waals surface area contributed by atoms with Crippen molar-refractivity contribution < 1.29 is 19.1 Å². The molecule has 11 nitrogen and oxygen atoms in total. The number of hydrogen-bond acceptors (Lipinski definition) is 8. The molecule has 3 aromatic rings. The molecule has 8 N–H and O–H groups in total. The minimum absolute atomic E-state index is 0.228. The van der Waals surface area contributed by atoms with Crippen molar-refractivity contribution in [3.63, 3.8) is 0 Å². The van der Waals surface area contributed by atoms with Gasteiger partial charge in [0.1, 0.15) is 11.8 Å². The van der Waals surface area contributed by atoms with Crippen LogP contribution in [0.15, 0.2) is 73.1 Å². The normalized spacial score (nSPS) is 12.2. The van der Waals surface area contributed by atoms with Gasteiger partial charge in [0.25, 0.3) is 0 Å². The molecule has 0 aliphatic carbocycles. The molecule has 218 valence electrons. The highest BCUT2D eigenvalue weighted by molar-refractivity contribution is 6.32. The molecule has 0 saturated heterocycles. The number of nitrogens with zero attached hydrogens (tertiary/aromatic N) is 2. The van der Waals surface area contributed by atoms with Crippen LogP contribution in [0.5, 0.6) is 11.5 Å². The summed E-state index contributed by atoms with van der Waals surface area (Å²) >= 11 is 6.39. The number of carbonyl (C=O) groups excluding carboxylic acids is 3. The highest BCUT2D eigenvalue weighted by Gasteiger charge is 2.27. The monoisotopic (exact) mass is 581 g/mol. The van der Waals surface area contributed by atoms with Crippen LogP contribution in [0.4, 0.5) is 5.69 Å². The largest absolute Gasteiger partial charge is 0.452 e. The van der Waals surface area contributed by atoms with Gasteiger partial charge in [-0.2, -0.15) is 0 Å². The Morgan fingerprint density at radius 1 is 0.951 bits per heavy atom. The van der Waals surface area contributed by atoms with Crippen LogP contribution in [-0.4, -0.2) is 65.9 Å². The molecule has 0 saturated carbocycles. The van der Waals surface area contributed by atoms with Gasteiger partial charge in [-0.3, -0.25) is 19.4 Å². The molecule has 0 fully saturated rings. The van der Waals surface area contributed by atoms with E-state index < -0.39 is 23.9 Å². The number of halogens is 1. The summed E-state index contributed by atoms with van der Waals surface area (Å²) in [5.74, 6) is -0.821. The van der Waals surface area contributed by atoms with Crippen molar-refractivity contribution in [2.75, 3.05) is 31.5 Å². The Labute approximate surface area is 244 Å². The minimum Gasteiger partial charge on any atom is -0.452 e. The lowest BCUT2D eigenvalue weighted by Gasteiger charge is -2.24. The maximum absolute atomic E-state index is 13.5. The van der Waals surface area contributed by atoms with Crippen LogP contribution in [0.3, 0.4) is 0 Å². The van der Waals surface area contributed by atoms with Gasteiger partial charge >= 0.3 is 0 Å². The van der Waals surface area contributed by atoms with E-state index in [0.29, 0.717) is 30.9 Å². The average Bonchev–Trinajstić information content (AvgIpc) is 2.97. The second kappa shape index (κ2) is 16.3. The molecule has 3 rings (SSSR count). The maximum atomic E-state index is 13.5. The van der Waals surface area contributed by atoms with Crippen LogP contribution in [0, 0.1) is 0 Å². The van der Waals surface area contributed by atoms with Crippen LogP contribution in [-0.2, 0) is 20.8 Å². The fraction of sp³-hybridized carbons (Fsp3) is 0.310. The summed E-state index contributed by atoms with van der Waals surface area (Å²) in [6.07, 6.45) is 3.64. The van der Waals surface area contributed by atoms with Gasteiger partial charge in [-0.1, -0.05) is 48.0 Å². The third-order valence-electron chi connectivity index (χ3n) is 6.16. The standard InChI is InChI=1S/C29H36ClN7O4/c30-22-9-4-10-24(27(22)41-21-8-5-15-34-19-21)35-29(40)25(12-11-20-6-2-1-3-7-20)36-28(39)23(33)18-26(38)37(16-13-31)17-14-32/h1-10,15,19,23,25H,11-14,16-18,31-33H2,(H,35,40)(H,36,39). The molecule has 1 aromatic heterocycles. The molecule has 2 aromatic carbocycles. The number of amides is 3. The first-order chi connectivity index (χ1) is 19.8. The van der Waals surface area contributed by atoms with Gasteiger partial charge in [0.15, 0.2) is 5.75 Å². The van der Waals surface area contributed by atoms with Crippen molar-refractivity contribution in [2.45, 2.75) is 31.3 Å². The molecule has 2 atom stereocenters. The van der Waals surface area contributed by atoms with Crippen LogP contribution in [0.2, 0.25) is 5.02 Å².